The van der Waals surface area contributed by atoms with Crippen molar-refractivity contribution in [2.75, 3.05) is 0 Å². The zero-order valence-corrected chi connectivity index (χ0v) is 16.9. The van der Waals surface area contributed by atoms with Crippen LogP contribution < -0.4 is 0 Å². The molecular weight excluding hydrogens is 421 g/mol. The van der Waals surface area contributed by atoms with Crippen LogP contribution in [-0.2, 0) is 0 Å². The molecule has 3 aromatic carbocycles. The Hall–Kier alpha value is -2.04. The lowest BCUT2D eigenvalue weighted by atomic mass is 10.0. The fourth-order valence-electron chi connectivity index (χ4n) is 2.72. The molecule has 0 aliphatic heterocycles. The van der Waals surface area contributed by atoms with E-state index in [0.29, 0.717) is 15.1 Å². The number of hydrogen-bond acceptors (Lipinski definition) is 3. The zero-order valence-electron chi connectivity index (χ0n) is 13.8. The van der Waals surface area contributed by atoms with Crippen molar-refractivity contribution in [3.8, 4) is 38.7 Å². The molecule has 6 heteroatoms. The topological polar surface area (TPSA) is 33.1 Å². The summed E-state index contributed by atoms with van der Waals surface area (Å²) in [5, 5.41) is 14.2. The number of thiazole rings is 1. The average molecular weight is 433 g/mol. The largest absolute Gasteiger partial charge is 0.508 e. The van der Waals surface area contributed by atoms with Gasteiger partial charge in [-0.25, -0.2) is 4.98 Å². The lowest BCUT2D eigenvalue weighted by Gasteiger charge is -2.06. The molecule has 0 atom stereocenters. The minimum Gasteiger partial charge on any atom is -0.508 e. The second kappa shape index (κ2) is 7.53. The number of aromatic hydroxyl groups is 1. The highest BCUT2D eigenvalue weighted by Gasteiger charge is 2.10. The van der Waals surface area contributed by atoms with E-state index < -0.39 is 0 Å². The molecule has 0 saturated heterocycles. The first-order valence-corrected chi connectivity index (χ1v) is 10.0. The van der Waals surface area contributed by atoms with Gasteiger partial charge in [0.25, 0.3) is 0 Å². The van der Waals surface area contributed by atoms with Crippen molar-refractivity contribution < 1.29 is 5.11 Å². The predicted molar refractivity (Wildman–Crippen MR) is 115 cm³/mol. The standard InChI is InChI=1S/C21H12Cl3NOS/c22-17-8-6-15(26)10-16(17)12-1-3-13(4-2-12)21-25-20(11-27-21)14-5-7-18(23)19(24)9-14/h1-11,26H. The van der Waals surface area contributed by atoms with Gasteiger partial charge in [-0.2, -0.15) is 0 Å². The first-order valence-electron chi connectivity index (χ1n) is 8.01. The SMILES string of the molecule is Oc1ccc(Cl)c(-c2ccc(-c3nc(-c4ccc(Cl)c(Cl)c4)cs3)cc2)c1. The van der Waals surface area contributed by atoms with Crippen LogP contribution in [-0.4, -0.2) is 10.1 Å². The Bertz CT molecular complexity index is 1120. The van der Waals surface area contributed by atoms with E-state index in [1.54, 1.807) is 35.6 Å². The summed E-state index contributed by atoms with van der Waals surface area (Å²) < 4.78 is 0. The first kappa shape index (κ1) is 18.3. The number of halogens is 3. The van der Waals surface area contributed by atoms with Crippen molar-refractivity contribution in [3.63, 3.8) is 0 Å². The molecule has 4 rings (SSSR count). The van der Waals surface area contributed by atoms with Gasteiger partial charge in [-0.3, -0.25) is 0 Å². The second-order valence-electron chi connectivity index (χ2n) is 5.91. The summed E-state index contributed by atoms with van der Waals surface area (Å²) in [5.41, 5.74) is 4.51. The minimum absolute atomic E-state index is 0.185. The van der Waals surface area contributed by atoms with Gasteiger partial charge >= 0.3 is 0 Å². The zero-order chi connectivity index (χ0) is 19.0. The number of phenols is 1. The highest BCUT2D eigenvalue weighted by atomic mass is 35.5. The summed E-state index contributed by atoms with van der Waals surface area (Å²) >= 11 is 19.9. The van der Waals surface area contributed by atoms with E-state index in [4.69, 9.17) is 39.8 Å². The van der Waals surface area contributed by atoms with Crippen molar-refractivity contribution in [3.05, 3.63) is 81.1 Å². The van der Waals surface area contributed by atoms with Crippen molar-refractivity contribution >= 4 is 46.1 Å². The molecule has 0 bridgehead atoms. The van der Waals surface area contributed by atoms with Gasteiger partial charge in [-0.1, -0.05) is 65.1 Å². The van der Waals surface area contributed by atoms with Crippen LogP contribution in [0.3, 0.4) is 0 Å². The smallest absolute Gasteiger partial charge is 0.124 e. The number of phenolic OH excluding ortho intramolecular Hbond substituents is 1. The third kappa shape index (κ3) is 3.83. The maximum absolute atomic E-state index is 9.69. The van der Waals surface area contributed by atoms with Crippen LogP contribution in [0, 0.1) is 0 Å². The highest BCUT2D eigenvalue weighted by molar-refractivity contribution is 7.13. The molecule has 27 heavy (non-hydrogen) atoms. The van der Waals surface area contributed by atoms with Gasteiger partial charge < -0.3 is 5.11 Å². The monoisotopic (exact) mass is 431 g/mol. The van der Waals surface area contributed by atoms with Crippen LogP contribution in [0.4, 0.5) is 0 Å². The Balaban J connectivity index is 1.64. The number of benzene rings is 3. The van der Waals surface area contributed by atoms with Crippen LogP contribution in [0.1, 0.15) is 0 Å². The Labute approximate surface area is 175 Å². The normalized spacial score (nSPS) is 10.9. The Kier molecular flexibility index (Phi) is 5.11. The second-order valence-corrected chi connectivity index (χ2v) is 7.99. The van der Waals surface area contributed by atoms with Gasteiger partial charge in [0.2, 0.25) is 0 Å². The number of nitrogens with zero attached hydrogens (tertiary/aromatic N) is 1. The van der Waals surface area contributed by atoms with Crippen LogP contribution in [0.5, 0.6) is 5.75 Å². The maximum Gasteiger partial charge on any atom is 0.124 e. The van der Waals surface area contributed by atoms with Crippen molar-refractivity contribution in [1.29, 1.82) is 0 Å². The molecule has 134 valence electrons. The van der Waals surface area contributed by atoms with E-state index in [1.165, 1.54) is 0 Å². The summed E-state index contributed by atoms with van der Waals surface area (Å²) in [6, 6.07) is 18.3. The summed E-state index contributed by atoms with van der Waals surface area (Å²) in [5.74, 6) is 0.185. The maximum atomic E-state index is 9.69. The Morgan fingerprint density at radius 1 is 0.704 bits per heavy atom. The van der Waals surface area contributed by atoms with E-state index >= 15 is 0 Å². The molecule has 1 aromatic heterocycles. The van der Waals surface area contributed by atoms with Crippen molar-refractivity contribution in [1.82, 2.24) is 4.98 Å². The summed E-state index contributed by atoms with van der Waals surface area (Å²) in [4.78, 5) is 4.71. The average Bonchev–Trinajstić information content (AvgIpc) is 3.16. The number of hydrogen-bond donors (Lipinski definition) is 1. The summed E-state index contributed by atoms with van der Waals surface area (Å²) in [7, 11) is 0. The highest BCUT2D eigenvalue weighted by Crippen LogP contribution is 2.35. The van der Waals surface area contributed by atoms with Gasteiger partial charge in [0.15, 0.2) is 0 Å². The molecule has 0 unspecified atom stereocenters. The van der Waals surface area contributed by atoms with E-state index in [0.717, 1.165) is 33.0 Å². The third-order valence-corrected chi connectivity index (χ3v) is 6.07. The van der Waals surface area contributed by atoms with Gasteiger partial charge in [0, 0.05) is 27.1 Å². The van der Waals surface area contributed by atoms with Crippen molar-refractivity contribution in [2.24, 2.45) is 0 Å². The first-order chi connectivity index (χ1) is 13.0. The fourth-order valence-corrected chi connectivity index (χ4v) is 4.08. The van der Waals surface area contributed by atoms with Gasteiger partial charge in [-0.05, 0) is 35.9 Å². The molecule has 4 aromatic rings. The third-order valence-electron chi connectivity index (χ3n) is 4.11. The molecule has 0 amide bonds. The molecule has 2 nitrogen and oxygen atoms in total. The molecule has 0 spiro atoms. The van der Waals surface area contributed by atoms with E-state index in [-0.39, 0.29) is 5.75 Å². The predicted octanol–water partition coefficient (Wildman–Crippen LogP) is 7.81. The fraction of sp³-hybridized carbons (Fsp3) is 0. The quantitative estimate of drug-likeness (QED) is 0.358. The van der Waals surface area contributed by atoms with Crippen LogP contribution in [0.25, 0.3) is 33.0 Å². The lowest BCUT2D eigenvalue weighted by molar-refractivity contribution is 0.475. The molecule has 0 aliphatic carbocycles. The molecule has 1 N–H and O–H groups in total. The van der Waals surface area contributed by atoms with E-state index in [2.05, 4.69) is 0 Å². The molecule has 0 fully saturated rings. The molecule has 0 saturated carbocycles. The van der Waals surface area contributed by atoms with E-state index in [1.807, 2.05) is 41.8 Å². The lowest BCUT2D eigenvalue weighted by Crippen LogP contribution is -1.83. The minimum atomic E-state index is 0.185. The van der Waals surface area contributed by atoms with Gasteiger partial charge in [-0.15, -0.1) is 11.3 Å². The Morgan fingerprint density at radius 2 is 1.37 bits per heavy atom. The van der Waals surface area contributed by atoms with Crippen LogP contribution in [0.15, 0.2) is 66.0 Å². The summed E-state index contributed by atoms with van der Waals surface area (Å²) in [6.07, 6.45) is 0. The molecule has 0 aliphatic rings. The molecule has 0 radical (unpaired) electrons. The van der Waals surface area contributed by atoms with Crippen LogP contribution >= 0.6 is 46.1 Å². The summed E-state index contributed by atoms with van der Waals surface area (Å²) in [6.45, 7) is 0. The Morgan fingerprint density at radius 3 is 2.11 bits per heavy atom. The molecular formula is C21H12Cl3NOS. The van der Waals surface area contributed by atoms with Gasteiger partial charge in [0.1, 0.15) is 10.8 Å². The number of aromatic nitrogens is 1. The molecule has 1 heterocycles. The number of rotatable bonds is 3. The van der Waals surface area contributed by atoms with Gasteiger partial charge in [0.05, 0.1) is 15.7 Å². The van der Waals surface area contributed by atoms with Crippen molar-refractivity contribution in [2.45, 2.75) is 0 Å². The van der Waals surface area contributed by atoms with E-state index in [9.17, 15) is 5.11 Å². The van der Waals surface area contributed by atoms with Crippen LogP contribution in [0.2, 0.25) is 15.1 Å².